The molecule has 0 saturated carbocycles. The Morgan fingerprint density at radius 2 is 1.83 bits per heavy atom. The molecule has 0 atom stereocenters. The van der Waals surface area contributed by atoms with Gasteiger partial charge in [-0.3, -0.25) is 4.79 Å². The van der Waals surface area contributed by atoms with Crippen LogP contribution in [-0.4, -0.2) is 24.1 Å². The van der Waals surface area contributed by atoms with Crippen molar-refractivity contribution >= 4 is 22.6 Å². The number of aromatic nitrogens is 1. The molecule has 0 bridgehead atoms. The highest BCUT2D eigenvalue weighted by Gasteiger charge is 2.09. The quantitative estimate of drug-likeness (QED) is 0.727. The average molecular weight is 306 g/mol. The summed E-state index contributed by atoms with van der Waals surface area (Å²) in [6.45, 7) is 2.27. The average Bonchev–Trinajstić information content (AvgIpc) is 2.60. The van der Waals surface area contributed by atoms with Gasteiger partial charge in [-0.2, -0.15) is 0 Å². The minimum atomic E-state index is -0.288. The molecule has 1 aromatic heterocycles. The minimum absolute atomic E-state index is 0.100. The predicted molar refractivity (Wildman–Crippen MR) is 92.3 cm³/mol. The lowest BCUT2D eigenvalue weighted by Crippen LogP contribution is -2.17. The van der Waals surface area contributed by atoms with Crippen molar-refractivity contribution < 1.29 is 9.53 Å². The number of benzene rings is 2. The summed E-state index contributed by atoms with van der Waals surface area (Å²) >= 11 is 0. The summed E-state index contributed by atoms with van der Waals surface area (Å²) in [5.74, 6) is 0.401. The first kappa shape index (κ1) is 15.0. The van der Waals surface area contributed by atoms with Crippen LogP contribution in [-0.2, 0) is 9.53 Å². The molecule has 0 aliphatic heterocycles. The van der Waals surface area contributed by atoms with E-state index in [0.717, 1.165) is 22.0 Å². The van der Waals surface area contributed by atoms with Gasteiger partial charge in [-0.1, -0.05) is 54.6 Å². The summed E-state index contributed by atoms with van der Waals surface area (Å²) in [5, 5.41) is 5.16. The molecular weight excluding hydrogens is 288 g/mol. The molecule has 3 rings (SSSR count). The van der Waals surface area contributed by atoms with Crippen molar-refractivity contribution in [3.05, 3.63) is 60.7 Å². The summed E-state index contributed by atoms with van der Waals surface area (Å²) in [6.07, 6.45) is 0. The fraction of sp³-hybridized carbons (Fsp3) is 0.158. The lowest BCUT2D eigenvalue weighted by molar-refractivity contribution is -0.140. The van der Waals surface area contributed by atoms with E-state index in [1.54, 1.807) is 6.92 Å². The number of anilines is 1. The topological polar surface area (TPSA) is 51.2 Å². The van der Waals surface area contributed by atoms with Crippen molar-refractivity contribution in [2.75, 3.05) is 18.5 Å². The van der Waals surface area contributed by atoms with Crippen molar-refractivity contribution in [3.63, 3.8) is 0 Å². The number of fused-ring (bicyclic) bond motifs is 1. The molecule has 2 aromatic carbocycles. The molecular formula is C19H18N2O2. The number of carbonyl (C=O) groups is 1. The van der Waals surface area contributed by atoms with Crippen LogP contribution in [0.5, 0.6) is 0 Å². The van der Waals surface area contributed by atoms with Gasteiger partial charge in [-0.05, 0) is 18.4 Å². The molecule has 23 heavy (non-hydrogen) atoms. The van der Waals surface area contributed by atoms with Crippen molar-refractivity contribution in [1.82, 2.24) is 4.98 Å². The van der Waals surface area contributed by atoms with Gasteiger partial charge in [-0.15, -0.1) is 0 Å². The smallest absolute Gasteiger partial charge is 0.325 e. The van der Waals surface area contributed by atoms with Crippen LogP contribution in [0.25, 0.3) is 22.0 Å². The first-order valence-corrected chi connectivity index (χ1v) is 7.62. The second kappa shape index (κ2) is 6.92. The van der Waals surface area contributed by atoms with E-state index in [0.29, 0.717) is 12.4 Å². The monoisotopic (exact) mass is 306 g/mol. The van der Waals surface area contributed by atoms with Crippen LogP contribution in [0, 0.1) is 0 Å². The maximum absolute atomic E-state index is 11.6. The summed E-state index contributed by atoms with van der Waals surface area (Å²) in [6, 6.07) is 20.0. The zero-order valence-corrected chi connectivity index (χ0v) is 13.0. The highest BCUT2D eigenvalue weighted by atomic mass is 16.5. The molecule has 0 aliphatic rings. The van der Waals surface area contributed by atoms with Crippen LogP contribution in [0.4, 0.5) is 5.82 Å². The third-order valence-corrected chi connectivity index (χ3v) is 3.52. The molecule has 4 nitrogen and oxygen atoms in total. The van der Waals surface area contributed by atoms with Crippen LogP contribution < -0.4 is 5.32 Å². The number of carbonyl (C=O) groups excluding carboxylic acids is 1. The summed E-state index contributed by atoms with van der Waals surface area (Å²) in [7, 11) is 0. The van der Waals surface area contributed by atoms with Crippen molar-refractivity contribution in [1.29, 1.82) is 0 Å². The van der Waals surface area contributed by atoms with E-state index in [1.165, 1.54) is 0 Å². The van der Waals surface area contributed by atoms with Gasteiger partial charge in [0.05, 0.1) is 12.3 Å². The van der Waals surface area contributed by atoms with Gasteiger partial charge in [0, 0.05) is 10.9 Å². The van der Waals surface area contributed by atoms with Crippen molar-refractivity contribution in [2.24, 2.45) is 0 Å². The summed E-state index contributed by atoms with van der Waals surface area (Å²) in [4.78, 5) is 16.3. The molecule has 0 aliphatic carbocycles. The Morgan fingerprint density at radius 3 is 2.61 bits per heavy atom. The Balaban J connectivity index is 1.99. The fourth-order valence-corrected chi connectivity index (χ4v) is 2.46. The van der Waals surface area contributed by atoms with Crippen LogP contribution >= 0.6 is 0 Å². The number of hydrogen-bond acceptors (Lipinski definition) is 4. The number of ether oxygens (including phenoxy) is 1. The Kier molecular flexibility index (Phi) is 4.52. The molecule has 0 unspecified atom stereocenters. The van der Waals surface area contributed by atoms with Gasteiger partial charge in [0.1, 0.15) is 12.4 Å². The summed E-state index contributed by atoms with van der Waals surface area (Å²) < 4.78 is 4.96. The second-order valence-electron chi connectivity index (χ2n) is 5.10. The van der Waals surface area contributed by atoms with Gasteiger partial charge >= 0.3 is 5.97 Å². The molecule has 4 heteroatoms. The van der Waals surface area contributed by atoms with E-state index in [-0.39, 0.29) is 12.5 Å². The summed E-state index contributed by atoms with van der Waals surface area (Å²) in [5.41, 5.74) is 1.91. The molecule has 0 amide bonds. The van der Waals surface area contributed by atoms with Crippen LogP contribution in [0.1, 0.15) is 6.92 Å². The lowest BCUT2D eigenvalue weighted by atomic mass is 10.1. The maximum atomic E-state index is 11.6. The Bertz CT molecular complexity index is 816. The first-order chi connectivity index (χ1) is 11.3. The number of rotatable bonds is 5. The Labute approximate surface area is 135 Å². The normalized spacial score (nSPS) is 10.5. The van der Waals surface area contributed by atoms with Crippen LogP contribution in [0.2, 0.25) is 0 Å². The Hall–Kier alpha value is -2.88. The van der Waals surface area contributed by atoms with Gasteiger partial charge in [-0.25, -0.2) is 4.98 Å². The van der Waals surface area contributed by atoms with Gasteiger partial charge in [0.2, 0.25) is 0 Å². The van der Waals surface area contributed by atoms with E-state index in [9.17, 15) is 4.79 Å². The predicted octanol–water partition coefficient (Wildman–Crippen LogP) is 3.88. The molecule has 1 N–H and O–H groups in total. The van der Waals surface area contributed by atoms with Gasteiger partial charge < -0.3 is 10.1 Å². The molecule has 3 aromatic rings. The van der Waals surface area contributed by atoms with Crippen LogP contribution in [0.15, 0.2) is 60.7 Å². The third kappa shape index (κ3) is 3.48. The van der Waals surface area contributed by atoms with E-state index in [4.69, 9.17) is 4.74 Å². The third-order valence-electron chi connectivity index (χ3n) is 3.52. The number of esters is 1. The molecule has 0 fully saturated rings. The van der Waals surface area contributed by atoms with E-state index in [1.807, 2.05) is 54.6 Å². The zero-order chi connectivity index (χ0) is 16.1. The van der Waals surface area contributed by atoms with Gasteiger partial charge in [0.15, 0.2) is 0 Å². The van der Waals surface area contributed by atoms with Crippen LogP contribution in [0.3, 0.4) is 0 Å². The fourth-order valence-electron chi connectivity index (χ4n) is 2.46. The SMILES string of the molecule is CCOC(=O)CNc1nc(-c2ccccc2)cc2ccccc12. The molecule has 0 saturated heterocycles. The van der Waals surface area contributed by atoms with Crippen molar-refractivity contribution in [3.8, 4) is 11.3 Å². The highest BCUT2D eigenvalue weighted by molar-refractivity contribution is 5.95. The molecule has 0 spiro atoms. The van der Waals surface area contributed by atoms with E-state index >= 15 is 0 Å². The molecule has 0 radical (unpaired) electrons. The second-order valence-corrected chi connectivity index (χ2v) is 5.10. The molecule has 116 valence electrons. The maximum Gasteiger partial charge on any atom is 0.325 e. The lowest BCUT2D eigenvalue weighted by Gasteiger charge is -2.11. The largest absolute Gasteiger partial charge is 0.465 e. The highest BCUT2D eigenvalue weighted by Crippen LogP contribution is 2.27. The Morgan fingerprint density at radius 1 is 1.09 bits per heavy atom. The number of nitrogens with one attached hydrogen (secondary N) is 1. The van der Waals surface area contributed by atoms with Crippen molar-refractivity contribution in [2.45, 2.75) is 6.92 Å². The number of hydrogen-bond donors (Lipinski definition) is 1. The molecule has 1 heterocycles. The zero-order valence-electron chi connectivity index (χ0n) is 13.0. The van der Waals surface area contributed by atoms with E-state index < -0.39 is 0 Å². The number of pyridine rings is 1. The first-order valence-electron chi connectivity index (χ1n) is 7.62. The minimum Gasteiger partial charge on any atom is -0.465 e. The number of nitrogens with zero attached hydrogens (tertiary/aromatic N) is 1. The van der Waals surface area contributed by atoms with Gasteiger partial charge in [0.25, 0.3) is 0 Å². The van der Waals surface area contributed by atoms with E-state index in [2.05, 4.69) is 16.4 Å². The standard InChI is InChI=1S/C19H18N2O2/c1-2-23-18(22)13-20-19-16-11-7-6-10-15(16)12-17(21-19)14-8-4-3-5-9-14/h3-12H,2,13H2,1H3,(H,20,21).